The van der Waals surface area contributed by atoms with E-state index in [0.717, 1.165) is 22.5 Å². The standard InChI is InChI=1S/C22H19N3O/c1-24(22(26)17-10-4-2-5-11-17)16-21-23-19-14-8-9-15-20(19)25(21)18-12-6-3-7-13-18/h2-15H,16H2,1H3. The number of fused-ring (bicyclic) bond motifs is 1. The van der Waals surface area contributed by atoms with E-state index in [1.165, 1.54) is 0 Å². The largest absolute Gasteiger partial charge is 0.334 e. The van der Waals surface area contributed by atoms with Gasteiger partial charge in [-0.3, -0.25) is 9.36 Å². The predicted molar refractivity (Wildman–Crippen MR) is 103 cm³/mol. The highest BCUT2D eigenvalue weighted by molar-refractivity contribution is 5.94. The van der Waals surface area contributed by atoms with Crippen LogP contribution in [0.25, 0.3) is 16.7 Å². The molecule has 4 rings (SSSR count). The highest BCUT2D eigenvalue weighted by Crippen LogP contribution is 2.22. The Labute approximate surface area is 152 Å². The third kappa shape index (κ3) is 2.97. The van der Waals surface area contributed by atoms with Gasteiger partial charge in [0.05, 0.1) is 17.6 Å². The van der Waals surface area contributed by atoms with Crippen LogP contribution in [-0.2, 0) is 6.54 Å². The van der Waals surface area contributed by atoms with Crippen LogP contribution in [0.1, 0.15) is 16.2 Å². The summed E-state index contributed by atoms with van der Waals surface area (Å²) in [5.41, 5.74) is 3.68. The molecule has 0 unspecified atom stereocenters. The summed E-state index contributed by atoms with van der Waals surface area (Å²) in [4.78, 5) is 19.2. The van der Waals surface area contributed by atoms with Gasteiger partial charge in [-0.15, -0.1) is 0 Å². The molecule has 4 heteroatoms. The zero-order valence-electron chi connectivity index (χ0n) is 14.5. The molecule has 0 fully saturated rings. The third-order valence-corrected chi connectivity index (χ3v) is 4.39. The van der Waals surface area contributed by atoms with Crippen LogP contribution in [0.2, 0.25) is 0 Å². The highest BCUT2D eigenvalue weighted by atomic mass is 16.2. The maximum atomic E-state index is 12.7. The fourth-order valence-corrected chi connectivity index (χ4v) is 3.13. The van der Waals surface area contributed by atoms with E-state index in [0.29, 0.717) is 12.1 Å². The molecule has 0 radical (unpaired) electrons. The second-order valence-electron chi connectivity index (χ2n) is 6.21. The lowest BCUT2D eigenvalue weighted by atomic mass is 10.2. The molecule has 3 aromatic carbocycles. The Balaban J connectivity index is 1.74. The Morgan fingerprint density at radius 3 is 2.23 bits per heavy atom. The quantitative estimate of drug-likeness (QED) is 0.555. The van der Waals surface area contributed by atoms with Gasteiger partial charge in [-0.1, -0.05) is 48.5 Å². The number of carbonyl (C=O) groups excluding carboxylic acids is 1. The summed E-state index contributed by atoms with van der Waals surface area (Å²) in [5.74, 6) is 0.821. The first-order chi connectivity index (χ1) is 12.7. The number of carbonyl (C=O) groups is 1. The van der Waals surface area contributed by atoms with Crippen LogP contribution >= 0.6 is 0 Å². The third-order valence-electron chi connectivity index (χ3n) is 4.39. The first-order valence-electron chi connectivity index (χ1n) is 8.56. The van der Waals surface area contributed by atoms with Crippen molar-refractivity contribution in [3.63, 3.8) is 0 Å². The van der Waals surface area contributed by atoms with Gasteiger partial charge in [0.25, 0.3) is 5.91 Å². The molecule has 0 aliphatic rings. The highest BCUT2D eigenvalue weighted by Gasteiger charge is 2.17. The lowest BCUT2D eigenvalue weighted by molar-refractivity contribution is 0.0781. The normalized spacial score (nSPS) is 10.8. The van der Waals surface area contributed by atoms with Crippen LogP contribution in [-0.4, -0.2) is 27.4 Å². The number of rotatable bonds is 4. The second-order valence-corrected chi connectivity index (χ2v) is 6.21. The Bertz CT molecular complexity index is 1040. The molecule has 26 heavy (non-hydrogen) atoms. The maximum Gasteiger partial charge on any atom is 0.253 e. The van der Waals surface area contributed by atoms with Gasteiger partial charge in [-0.25, -0.2) is 4.98 Å². The van der Waals surface area contributed by atoms with Crippen molar-refractivity contribution in [2.75, 3.05) is 7.05 Å². The molecule has 4 nitrogen and oxygen atoms in total. The van der Waals surface area contributed by atoms with Crippen molar-refractivity contribution in [1.29, 1.82) is 0 Å². The summed E-state index contributed by atoms with van der Waals surface area (Å²) < 4.78 is 2.12. The Kier molecular flexibility index (Phi) is 4.23. The molecule has 0 aliphatic carbocycles. The molecule has 0 aliphatic heterocycles. The predicted octanol–water partition coefficient (Wildman–Crippen LogP) is 4.30. The van der Waals surface area contributed by atoms with Gasteiger partial charge in [0.15, 0.2) is 0 Å². The Morgan fingerprint density at radius 1 is 0.885 bits per heavy atom. The van der Waals surface area contributed by atoms with Crippen LogP contribution in [0.4, 0.5) is 0 Å². The molecule has 0 N–H and O–H groups in total. The number of hydrogen-bond donors (Lipinski definition) is 0. The van der Waals surface area contributed by atoms with Gasteiger partial charge < -0.3 is 4.90 Å². The summed E-state index contributed by atoms with van der Waals surface area (Å²) >= 11 is 0. The molecule has 0 saturated heterocycles. The van der Waals surface area contributed by atoms with E-state index >= 15 is 0 Å². The molecular weight excluding hydrogens is 322 g/mol. The first kappa shape index (κ1) is 16.1. The van der Waals surface area contributed by atoms with Crippen molar-refractivity contribution >= 4 is 16.9 Å². The zero-order valence-corrected chi connectivity index (χ0v) is 14.5. The molecule has 1 heterocycles. The number of benzene rings is 3. The number of nitrogens with zero attached hydrogens (tertiary/aromatic N) is 3. The minimum Gasteiger partial charge on any atom is -0.334 e. The van der Waals surface area contributed by atoms with Gasteiger partial charge >= 0.3 is 0 Å². The molecule has 0 bridgehead atoms. The summed E-state index contributed by atoms with van der Waals surface area (Å²) in [6.07, 6.45) is 0. The SMILES string of the molecule is CN(Cc1nc2ccccc2n1-c1ccccc1)C(=O)c1ccccc1. The van der Waals surface area contributed by atoms with E-state index in [-0.39, 0.29) is 5.91 Å². The van der Waals surface area contributed by atoms with Crippen molar-refractivity contribution in [2.24, 2.45) is 0 Å². The molecule has 4 aromatic rings. The van der Waals surface area contributed by atoms with Crippen molar-refractivity contribution in [3.8, 4) is 5.69 Å². The maximum absolute atomic E-state index is 12.7. The van der Waals surface area contributed by atoms with Crippen LogP contribution in [0, 0.1) is 0 Å². The topological polar surface area (TPSA) is 38.1 Å². The van der Waals surface area contributed by atoms with E-state index in [1.807, 2.05) is 73.8 Å². The van der Waals surface area contributed by atoms with Gasteiger partial charge in [0.1, 0.15) is 5.82 Å². The van der Waals surface area contributed by atoms with Crippen molar-refractivity contribution < 1.29 is 4.79 Å². The molecule has 1 aromatic heterocycles. The molecule has 0 saturated carbocycles. The number of para-hydroxylation sites is 3. The summed E-state index contributed by atoms with van der Waals surface area (Å²) in [6.45, 7) is 0.428. The number of imidazole rings is 1. The summed E-state index contributed by atoms with van der Waals surface area (Å²) in [5, 5.41) is 0. The molecule has 0 spiro atoms. The fraction of sp³-hybridized carbons (Fsp3) is 0.0909. The zero-order chi connectivity index (χ0) is 17.9. The lowest BCUT2D eigenvalue weighted by Gasteiger charge is -2.18. The Hall–Kier alpha value is -3.40. The summed E-state index contributed by atoms with van der Waals surface area (Å²) in [6, 6.07) is 27.5. The minimum absolute atomic E-state index is 0.0164. The van der Waals surface area contributed by atoms with E-state index in [4.69, 9.17) is 4.98 Å². The number of hydrogen-bond acceptors (Lipinski definition) is 2. The van der Waals surface area contributed by atoms with E-state index in [2.05, 4.69) is 22.8 Å². The van der Waals surface area contributed by atoms with Crippen molar-refractivity contribution in [3.05, 3.63) is 96.3 Å². The average Bonchev–Trinajstić information content (AvgIpc) is 3.06. The van der Waals surface area contributed by atoms with Crippen molar-refractivity contribution in [2.45, 2.75) is 6.54 Å². The second kappa shape index (κ2) is 6.84. The van der Waals surface area contributed by atoms with Crippen LogP contribution in [0.5, 0.6) is 0 Å². The van der Waals surface area contributed by atoms with Gasteiger partial charge in [0.2, 0.25) is 0 Å². The van der Waals surface area contributed by atoms with Gasteiger partial charge in [-0.05, 0) is 36.4 Å². The molecular formula is C22H19N3O. The van der Waals surface area contributed by atoms with Crippen LogP contribution in [0.3, 0.4) is 0 Å². The number of amides is 1. The fourth-order valence-electron chi connectivity index (χ4n) is 3.13. The number of aromatic nitrogens is 2. The van der Waals surface area contributed by atoms with Crippen molar-refractivity contribution in [1.82, 2.24) is 14.5 Å². The monoisotopic (exact) mass is 341 g/mol. The summed E-state index contributed by atoms with van der Waals surface area (Å²) in [7, 11) is 1.81. The smallest absolute Gasteiger partial charge is 0.253 e. The average molecular weight is 341 g/mol. The molecule has 0 atom stereocenters. The van der Waals surface area contributed by atoms with E-state index in [9.17, 15) is 4.79 Å². The lowest BCUT2D eigenvalue weighted by Crippen LogP contribution is -2.27. The molecule has 128 valence electrons. The van der Waals surface area contributed by atoms with Gasteiger partial charge in [0, 0.05) is 18.3 Å². The first-order valence-corrected chi connectivity index (χ1v) is 8.56. The van der Waals surface area contributed by atoms with Crippen LogP contribution < -0.4 is 0 Å². The Morgan fingerprint density at radius 2 is 1.50 bits per heavy atom. The van der Waals surface area contributed by atoms with Crippen LogP contribution in [0.15, 0.2) is 84.9 Å². The van der Waals surface area contributed by atoms with E-state index < -0.39 is 0 Å². The minimum atomic E-state index is -0.0164. The van der Waals surface area contributed by atoms with E-state index in [1.54, 1.807) is 4.90 Å². The molecule has 1 amide bonds. The van der Waals surface area contributed by atoms with Gasteiger partial charge in [-0.2, -0.15) is 0 Å².